The molecule has 1 unspecified atom stereocenters. The fourth-order valence-corrected chi connectivity index (χ4v) is 1.40. The van der Waals surface area contributed by atoms with Gasteiger partial charge in [-0.1, -0.05) is 0 Å². The van der Waals surface area contributed by atoms with Gasteiger partial charge in [0.1, 0.15) is 11.5 Å². The SMILES string of the molecule is CC(CC(N)=O)Nc1cc(F)ccc1[N+](=O)[O-]. The topological polar surface area (TPSA) is 98.3 Å². The summed E-state index contributed by atoms with van der Waals surface area (Å²) in [5.41, 5.74) is 4.77. The molecule has 0 saturated heterocycles. The number of primary amides is 1. The summed E-state index contributed by atoms with van der Waals surface area (Å²) < 4.78 is 13.0. The molecule has 6 nitrogen and oxygen atoms in total. The number of nitro benzene ring substituents is 1. The Hall–Kier alpha value is -2.18. The highest BCUT2D eigenvalue weighted by molar-refractivity contribution is 5.75. The third-order valence-corrected chi connectivity index (χ3v) is 2.06. The van der Waals surface area contributed by atoms with E-state index in [4.69, 9.17) is 5.73 Å². The summed E-state index contributed by atoms with van der Waals surface area (Å²) in [4.78, 5) is 20.7. The zero-order valence-electron chi connectivity index (χ0n) is 9.14. The Morgan fingerprint density at radius 3 is 2.82 bits per heavy atom. The van der Waals surface area contributed by atoms with E-state index in [1.165, 1.54) is 0 Å². The van der Waals surface area contributed by atoms with Crippen molar-refractivity contribution in [2.45, 2.75) is 19.4 Å². The quantitative estimate of drug-likeness (QED) is 0.601. The minimum absolute atomic E-state index is 0.00761. The predicted octanol–water partition coefficient (Wildman–Crippen LogP) is 1.41. The Bertz CT molecular complexity index is 450. The normalized spacial score (nSPS) is 11.9. The van der Waals surface area contributed by atoms with E-state index in [1.807, 2.05) is 0 Å². The lowest BCUT2D eigenvalue weighted by atomic mass is 10.2. The molecule has 0 spiro atoms. The number of rotatable bonds is 5. The molecule has 1 aromatic carbocycles. The van der Waals surface area contributed by atoms with Gasteiger partial charge in [0.2, 0.25) is 5.91 Å². The third kappa shape index (κ3) is 3.71. The monoisotopic (exact) mass is 241 g/mol. The number of hydrogen-bond donors (Lipinski definition) is 2. The molecule has 0 saturated carbocycles. The van der Waals surface area contributed by atoms with Crippen molar-refractivity contribution < 1.29 is 14.1 Å². The van der Waals surface area contributed by atoms with Gasteiger partial charge in [0.25, 0.3) is 5.69 Å². The Morgan fingerprint density at radius 1 is 1.65 bits per heavy atom. The Labute approximate surface area is 96.8 Å². The fourth-order valence-electron chi connectivity index (χ4n) is 1.40. The van der Waals surface area contributed by atoms with E-state index < -0.39 is 22.7 Å². The van der Waals surface area contributed by atoms with Crippen molar-refractivity contribution in [1.29, 1.82) is 0 Å². The van der Waals surface area contributed by atoms with Gasteiger partial charge in [0.15, 0.2) is 0 Å². The summed E-state index contributed by atoms with van der Waals surface area (Å²) in [5, 5.41) is 13.4. The van der Waals surface area contributed by atoms with Crippen LogP contribution >= 0.6 is 0 Å². The van der Waals surface area contributed by atoms with Crippen molar-refractivity contribution in [2.24, 2.45) is 5.73 Å². The number of carbonyl (C=O) groups excluding carboxylic acids is 1. The minimum atomic E-state index is -0.626. The van der Waals surface area contributed by atoms with Crippen LogP contribution in [0, 0.1) is 15.9 Å². The second-order valence-electron chi connectivity index (χ2n) is 3.63. The van der Waals surface area contributed by atoms with Crippen LogP contribution in [-0.2, 0) is 4.79 Å². The van der Waals surface area contributed by atoms with E-state index in [1.54, 1.807) is 6.92 Å². The number of benzene rings is 1. The van der Waals surface area contributed by atoms with Gasteiger partial charge in [-0.2, -0.15) is 0 Å². The standard InChI is InChI=1S/C10H12FN3O3/c1-6(4-10(12)15)13-8-5-7(11)2-3-9(8)14(16)17/h2-3,5-6,13H,4H2,1H3,(H2,12,15). The Morgan fingerprint density at radius 2 is 2.29 bits per heavy atom. The molecule has 0 aliphatic rings. The van der Waals surface area contributed by atoms with Crippen molar-refractivity contribution in [2.75, 3.05) is 5.32 Å². The van der Waals surface area contributed by atoms with Gasteiger partial charge >= 0.3 is 0 Å². The Kier molecular flexibility index (Phi) is 3.97. The first-order valence-electron chi connectivity index (χ1n) is 4.89. The highest BCUT2D eigenvalue weighted by Crippen LogP contribution is 2.25. The summed E-state index contributed by atoms with van der Waals surface area (Å²) in [7, 11) is 0. The van der Waals surface area contributed by atoms with E-state index in [9.17, 15) is 19.3 Å². The maximum absolute atomic E-state index is 13.0. The number of hydrogen-bond acceptors (Lipinski definition) is 4. The molecule has 92 valence electrons. The highest BCUT2D eigenvalue weighted by atomic mass is 19.1. The molecule has 3 N–H and O–H groups in total. The lowest BCUT2D eigenvalue weighted by Gasteiger charge is -2.13. The van der Waals surface area contributed by atoms with Crippen molar-refractivity contribution in [3.8, 4) is 0 Å². The first-order chi connectivity index (χ1) is 7.90. The van der Waals surface area contributed by atoms with Crippen molar-refractivity contribution >= 4 is 17.3 Å². The van der Waals surface area contributed by atoms with Crippen LogP contribution < -0.4 is 11.1 Å². The molecule has 0 aromatic heterocycles. The molecule has 0 fully saturated rings. The number of carbonyl (C=O) groups is 1. The molecule has 1 rings (SSSR count). The van der Waals surface area contributed by atoms with Crippen LogP contribution in [0.25, 0.3) is 0 Å². The third-order valence-electron chi connectivity index (χ3n) is 2.06. The van der Waals surface area contributed by atoms with Crippen molar-refractivity contribution in [3.63, 3.8) is 0 Å². The lowest BCUT2D eigenvalue weighted by Crippen LogP contribution is -2.24. The van der Waals surface area contributed by atoms with E-state index in [-0.39, 0.29) is 17.8 Å². The van der Waals surface area contributed by atoms with E-state index >= 15 is 0 Å². The molecular formula is C10H12FN3O3. The van der Waals surface area contributed by atoms with E-state index in [0.29, 0.717) is 0 Å². The van der Waals surface area contributed by atoms with Crippen LogP contribution in [0.2, 0.25) is 0 Å². The van der Waals surface area contributed by atoms with Crippen LogP contribution in [0.3, 0.4) is 0 Å². The second-order valence-corrected chi connectivity index (χ2v) is 3.63. The molecule has 0 aliphatic heterocycles. The molecule has 0 heterocycles. The molecule has 1 atom stereocenters. The molecule has 7 heteroatoms. The van der Waals surface area contributed by atoms with Crippen LogP contribution in [0.15, 0.2) is 18.2 Å². The number of nitrogens with one attached hydrogen (secondary N) is 1. The van der Waals surface area contributed by atoms with Gasteiger partial charge in [0, 0.05) is 24.6 Å². The molecule has 1 aromatic rings. The summed E-state index contributed by atoms with van der Waals surface area (Å²) in [6.07, 6.45) is 0.00761. The second kappa shape index (κ2) is 5.24. The number of anilines is 1. The van der Waals surface area contributed by atoms with Gasteiger partial charge in [-0.3, -0.25) is 14.9 Å². The molecule has 1 amide bonds. The zero-order chi connectivity index (χ0) is 13.0. The predicted molar refractivity (Wildman–Crippen MR) is 60.0 cm³/mol. The van der Waals surface area contributed by atoms with Crippen LogP contribution in [0.1, 0.15) is 13.3 Å². The number of halogens is 1. The van der Waals surface area contributed by atoms with E-state index in [0.717, 1.165) is 18.2 Å². The molecule has 17 heavy (non-hydrogen) atoms. The largest absolute Gasteiger partial charge is 0.376 e. The fraction of sp³-hybridized carbons (Fsp3) is 0.300. The lowest BCUT2D eigenvalue weighted by molar-refractivity contribution is -0.384. The van der Waals surface area contributed by atoms with Crippen LogP contribution in [0.5, 0.6) is 0 Å². The average molecular weight is 241 g/mol. The van der Waals surface area contributed by atoms with Crippen LogP contribution in [-0.4, -0.2) is 16.9 Å². The van der Waals surface area contributed by atoms with Crippen molar-refractivity contribution in [1.82, 2.24) is 0 Å². The smallest absolute Gasteiger partial charge is 0.292 e. The molecular weight excluding hydrogens is 229 g/mol. The number of amides is 1. The number of nitro groups is 1. The summed E-state index contributed by atoms with van der Waals surface area (Å²) in [6, 6.07) is 2.67. The molecule has 0 aliphatic carbocycles. The minimum Gasteiger partial charge on any atom is -0.376 e. The van der Waals surface area contributed by atoms with Gasteiger partial charge in [-0.25, -0.2) is 4.39 Å². The average Bonchev–Trinajstić information content (AvgIpc) is 2.15. The summed E-state index contributed by atoms with van der Waals surface area (Å²) >= 11 is 0. The summed E-state index contributed by atoms with van der Waals surface area (Å²) in [5.74, 6) is -1.13. The maximum Gasteiger partial charge on any atom is 0.292 e. The highest BCUT2D eigenvalue weighted by Gasteiger charge is 2.16. The van der Waals surface area contributed by atoms with Crippen molar-refractivity contribution in [3.05, 3.63) is 34.1 Å². The molecule has 0 bridgehead atoms. The van der Waals surface area contributed by atoms with Crippen LogP contribution in [0.4, 0.5) is 15.8 Å². The zero-order valence-corrected chi connectivity index (χ0v) is 9.14. The Balaban J connectivity index is 2.92. The van der Waals surface area contributed by atoms with Gasteiger partial charge < -0.3 is 11.1 Å². The maximum atomic E-state index is 13.0. The molecule has 0 radical (unpaired) electrons. The van der Waals surface area contributed by atoms with Gasteiger partial charge in [0.05, 0.1) is 4.92 Å². The number of nitrogens with zero attached hydrogens (tertiary/aromatic N) is 1. The first-order valence-corrected chi connectivity index (χ1v) is 4.89. The number of nitrogens with two attached hydrogens (primary N) is 1. The van der Waals surface area contributed by atoms with Gasteiger partial charge in [-0.15, -0.1) is 0 Å². The first kappa shape index (κ1) is 12.9. The summed E-state index contributed by atoms with van der Waals surface area (Å²) in [6.45, 7) is 1.62. The van der Waals surface area contributed by atoms with E-state index in [2.05, 4.69) is 5.32 Å². The van der Waals surface area contributed by atoms with Gasteiger partial charge in [-0.05, 0) is 13.0 Å².